The van der Waals surface area contributed by atoms with Gasteiger partial charge in [-0.2, -0.15) is 0 Å². The van der Waals surface area contributed by atoms with E-state index in [1.807, 2.05) is 56.3 Å². The number of nitrogens with one attached hydrogen (secondary N) is 1. The Balaban J connectivity index is 1.69. The number of rotatable bonds is 7. The zero-order valence-corrected chi connectivity index (χ0v) is 19.7. The van der Waals surface area contributed by atoms with Crippen LogP contribution in [0.15, 0.2) is 53.0 Å². The summed E-state index contributed by atoms with van der Waals surface area (Å²) >= 11 is 3.60. The third-order valence-corrected chi connectivity index (χ3v) is 6.09. The molecule has 30 heavy (non-hydrogen) atoms. The maximum Gasteiger partial charge on any atom is 0.258 e. The van der Waals surface area contributed by atoms with Gasteiger partial charge in [0.25, 0.3) is 5.91 Å². The smallest absolute Gasteiger partial charge is 0.258 e. The van der Waals surface area contributed by atoms with Crippen LogP contribution in [0.5, 0.6) is 11.5 Å². The van der Waals surface area contributed by atoms with Gasteiger partial charge in [0.05, 0.1) is 17.6 Å². The van der Waals surface area contributed by atoms with E-state index in [1.54, 1.807) is 7.11 Å². The summed E-state index contributed by atoms with van der Waals surface area (Å²) < 4.78 is 12.2. The molecule has 0 saturated heterocycles. The highest BCUT2D eigenvalue weighted by atomic mass is 79.9. The van der Waals surface area contributed by atoms with Gasteiger partial charge in [0.1, 0.15) is 11.5 Å². The van der Waals surface area contributed by atoms with Crippen LogP contribution < -0.4 is 14.8 Å². The third kappa shape index (κ3) is 4.78. The molecule has 0 radical (unpaired) electrons. The van der Waals surface area contributed by atoms with Crippen LogP contribution in [0.3, 0.4) is 0 Å². The van der Waals surface area contributed by atoms with Crippen molar-refractivity contribution in [2.75, 3.05) is 13.7 Å². The van der Waals surface area contributed by atoms with Crippen LogP contribution in [0.1, 0.15) is 49.4 Å². The molecule has 4 nitrogen and oxygen atoms in total. The van der Waals surface area contributed by atoms with Crippen molar-refractivity contribution >= 4 is 32.6 Å². The average molecular weight is 470 g/mol. The van der Waals surface area contributed by atoms with Crippen molar-refractivity contribution in [2.24, 2.45) is 0 Å². The number of halogens is 1. The first-order valence-corrected chi connectivity index (χ1v) is 10.9. The summed E-state index contributed by atoms with van der Waals surface area (Å²) in [6, 6.07) is 15.9. The van der Waals surface area contributed by atoms with Crippen LogP contribution in [0.2, 0.25) is 0 Å². The number of fused-ring (bicyclic) bond motifs is 1. The van der Waals surface area contributed by atoms with Crippen molar-refractivity contribution in [3.8, 4) is 11.5 Å². The zero-order chi connectivity index (χ0) is 21.8. The fourth-order valence-electron chi connectivity index (χ4n) is 3.64. The maximum absolute atomic E-state index is 12.6. The molecule has 3 aromatic carbocycles. The number of amides is 1. The number of benzene rings is 3. The molecule has 0 aliphatic heterocycles. The first kappa shape index (κ1) is 22.2. The highest BCUT2D eigenvalue weighted by Gasteiger charge is 2.17. The molecule has 0 saturated carbocycles. The van der Waals surface area contributed by atoms with Gasteiger partial charge in [0.15, 0.2) is 6.61 Å². The Morgan fingerprint density at radius 2 is 1.77 bits per heavy atom. The van der Waals surface area contributed by atoms with Crippen LogP contribution in [0.25, 0.3) is 10.8 Å². The van der Waals surface area contributed by atoms with E-state index < -0.39 is 0 Å². The normalized spacial score (nSPS) is 12.1. The Bertz CT molecular complexity index is 1060. The van der Waals surface area contributed by atoms with Crippen LogP contribution in [0, 0.1) is 6.92 Å². The Labute approximate surface area is 186 Å². The predicted octanol–water partition coefficient (Wildman–Crippen LogP) is 6.30. The molecule has 158 valence electrons. The summed E-state index contributed by atoms with van der Waals surface area (Å²) in [5.74, 6) is 1.70. The van der Waals surface area contributed by atoms with Gasteiger partial charge in [-0.15, -0.1) is 0 Å². The Morgan fingerprint density at radius 3 is 2.47 bits per heavy atom. The lowest BCUT2D eigenvalue weighted by Gasteiger charge is -2.21. The average Bonchev–Trinajstić information content (AvgIpc) is 2.72. The molecule has 0 spiro atoms. The van der Waals surface area contributed by atoms with E-state index in [2.05, 4.69) is 41.2 Å². The number of ether oxygens (including phenoxy) is 2. The van der Waals surface area contributed by atoms with Crippen LogP contribution in [-0.2, 0) is 4.79 Å². The number of hydrogen-bond acceptors (Lipinski definition) is 3. The van der Waals surface area contributed by atoms with Crippen molar-refractivity contribution in [3.63, 3.8) is 0 Å². The SMILES string of the molecule is COc1cc(C)c([C@@H](C)NC(=O)COc2ccc3ccccc3c2Br)cc1C(C)C. The largest absolute Gasteiger partial charge is 0.496 e. The molecule has 1 amide bonds. The van der Waals surface area contributed by atoms with Gasteiger partial charge in [-0.3, -0.25) is 4.79 Å². The second kappa shape index (κ2) is 9.52. The van der Waals surface area contributed by atoms with Crippen LogP contribution in [0.4, 0.5) is 0 Å². The first-order valence-electron chi connectivity index (χ1n) is 10.1. The summed E-state index contributed by atoms with van der Waals surface area (Å²) in [5, 5.41) is 5.22. The van der Waals surface area contributed by atoms with Gasteiger partial charge in [-0.05, 0) is 81.4 Å². The molecule has 0 heterocycles. The fraction of sp³-hybridized carbons (Fsp3) is 0.320. The second-order valence-corrected chi connectivity index (χ2v) is 8.58. The standard InChI is InChI=1S/C25H28BrNO3/c1-15(2)20-13-21(16(3)12-23(20)29-5)17(4)27-24(28)14-30-22-11-10-18-8-6-7-9-19(18)25(22)26/h6-13,15,17H,14H2,1-5H3,(H,27,28)/t17-/m1/s1. The van der Waals surface area contributed by atoms with E-state index in [4.69, 9.17) is 9.47 Å². The molecule has 1 atom stereocenters. The number of methoxy groups -OCH3 is 1. The Kier molecular flexibility index (Phi) is 7.03. The van der Waals surface area contributed by atoms with Gasteiger partial charge in [-0.1, -0.05) is 44.2 Å². The number of hydrogen-bond donors (Lipinski definition) is 1. The summed E-state index contributed by atoms with van der Waals surface area (Å²) in [4.78, 5) is 12.6. The third-order valence-electron chi connectivity index (χ3n) is 5.27. The lowest BCUT2D eigenvalue weighted by molar-refractivity contribution is -0.123. The lowest BCUT2D eigenvalue weighted by Crippen LogP contribution is -2.31. The van der Waals surface area contributed by atoms with E-state index in [0.717, 1.165) is 37.7 Å². The molecule has 0 unspecified atom stereocenters. The minimum absolute atomic E-state index is 0.0481. The van der Waals surface area contributed by atoms with Gasteiger partial charge < -0.3 is 14.8 Å². The van der Waals surface area contributed by atoms with Crippen molar-refractivity contribution in [3.05, 3.63) is 69.7 Å². The molecule has 3 rings (SSSR count). The van der Waals surface area contributed by atoms with E-state index in [1.165, 1.54) is 0 Å². The van der Waals surface area contributed by atoms with E-state index in [-0.39, 0.29) is 18.6 Å². The summed E-state index contributed by atoms with van der Waals surface area (Å²) in [5.41, 5.74) is 3.30. The Hall–Kier alpha value is -2.53. The number of carbonyl (C=O) groups excluding carboxylic acids is 1. The molecule has 0 aliphatic rings. The number of aryl methyl sites for hydroxylation is 1. The molecular formula is C25H28BrNO3. The molecule has 0 bridgehead atoms. The summed E-state index contributed by atoms with van der Waals surface area (Å²) in [6.07, 6.45) is 0. The van der Waals surface area contributed by atoms with Gasteiger partial charge in [0, 0.05) is 0 Å². The first-order chi connectivity index (χ1) is 14.3. The van der Waals surface area contributed by atoms with E-state index >= 15 is 0 Å². The summed E-state index contributed by atoms with van der Waals surface area (Å²) in [6.45, 7) is 8.24. The van der Waals surface area contributed by atoms with Gasteiger partial charge >= 0.3 is 0 Å². The highest BCUT2D eigenvalue weighted by molar-refractivity contribution is 9.10. The Morgan fingerprint density at radius 1 is 1.03 bits per heavy atom. The second-order valence-electron chi connectivity index (χ2n) is 7.78. The lowest BCUT2D eigenvalue weighted by atomic mass is 9.93. The van der Waals surface area contributed by atoms with Crippen LogP contribution in [-0.4, -0.2) is 19.6 Å². The summed E-state index contributed by atoms with van der Waals surface area (Å²) in [7, 11) is 1.69. The van der Waals surface area contributed by atoms with Crippen molar-refractivity contribution in [1.29, 1.82) is 0 Å². The molecular weight excluding hydrogens is 442 g/mol. The van der Waals surface area contributed by atoms with Crippen LogP contribution >= 0.6 is 15.9 Å². The minimum Gasteiger partial charge on any atom is -0.496 e. The van der Waals surface area contributed by atoms with Crippen molar-refractivity contribution < 1.29 is 14.3 Å². The zero-order valence-electron chi connectivity index (χ0n) is 18.1. The van der Waals surface area contributed by atoms with Gasteiger partial charge in [0.2, 0.25) is 0 Å². The van der Waals surface area contributed by atoms with Crippen molar-refractivity contribution in [2.45, 2.75) is 39.7 Å². The maximum atomic E-state index is 12.6. The van der Waals surface area contributed by atoms with Gasteiger partial charge in [-0.25, -0.2) is 0 Å². The monoisotopic (exact) mass is 469 g/mol. The molecule has 0 aliphatic carbocycles. The predicted molar refractivity (Wildman–Crippen MR) is 126 cm³/mol. The molecule has 0 aromatic heterocycles. The highest BCUT2D eigenvalue weighted by Crippen LogP contribution is 2.34. The molecule has 1 N–H and O–H groups in total. The minimum atomic E-state index is -0.163. The van der Waals surface area contributed by atoms with E-state index in [0.29, 0.717) is 11.7 Å². The molecule has 0 fully saturated rings. The van der Waals surface area contributed by atoms with Crippen molar-refractivity contribution in [1.82, 2.24) is 5.32 Å². The number of carbonyl (C=O) groups is 1. The fourth-order valence-corrected chi connectivity index (χ4v) is 4.25. The van der Waals surface area contributed by atoms with E-state index in [9.17, 15) is 4.79 Å². The molecule has 5 heteroatoms. The quantitative estimate of drug-likeness (QED) is 0.441. The molecule has 3 aromatic rings. The topological polar surface area (TPSA) is 47.6 Å².